The van der Waals surface area contributed by atoms with Gasteiger partial charge in [-0.15, -0.1) is 0 Å². The summed E-state index contributed by atoms with van der Waals surface area (Å²) in [5.41, 5.74) is 0. The number of unbranched alkanes of at least 4 members (excludes halogenated alkanes) is 2. The Kier molecular flexibility index (Phi) is 8.19. The molecule has 0 nitrogen and oxygen atoms in total. The second-order valence-electron chi connectivity index (χ2n) is 10.2. The first kappa shape index (κ1) is 19.5. The van der Waals surface area contributed by atoms with Gasteiger partial charge in [0, 0.05) is 8.07 Å². The number of hydrogen-bond acceptors (Lipinski definition) is 0. The molecule has 2 rings (SSSR count). The maximum Gasteiger partial charge on any atom is 0.0442 e. The zero-order valence-electron chi connectivity index (χ0n) is 16.7. The van der Waals surface area contributed by atoms with Gasteiger partial charge >= 0.3 is 0 Å². The monoisotopic (exact) mass is 336 g/mol. The van der Waals surface area contributed by atoms with E-state index in [1.807, 2.05) is 0 Å². The van der Waals surface area contributed by atoms with Crippen LogP contribution in [0, 0.1) is 23.7 Å². The Bertz CT molecular complexity index is 300. The lowest BCUT2D eigenvalue weighted by Crippen LogP contribution is -2.27. The maximum absolute atomic E-state index is 2.54. The third-order valence-electron chi connectivity index (χ3n) is 6.97. The van der Waals surface area contributed by atoms with Gasteiger partial charge in [0.15, 0.2) is 0 Å². The topological polar surface area (TPSA) is 0 Å². The number of rotatable bonds is 8. The molecule has 0 aliphatic heterocycles. The van der Waals surface area contributed by atoms with Crippen molar-refractivity contribution < 1.29 is 0 Å². The van der Waals surface area contributed by atoms with E-state index in [-0.39, 0.29) is 0 Å². The molecule has 0 aromatic heterocycles. The van der Waals surface area contributed by atoms with Crippen molar-refractivity contribution in [2.24, 2.45) is 23.7 Å². The van der Waals surface area contributed by atoms with Crippen LogP contribution in [0.2, 0.25) is 25.7 Å². The normalized spacial score (nSPS) is 32.9. The van der Waals surface area contributed by atoms with Crippen LogP contribution in [0.5, 0.6) is 0 Å². The molecule has 0 unspecified atom stereocenters. The smallest absolute Gasteiger partial charge is 0.0442 e. The molecule has 0 radical (unpaired) electrons. The summed E-state index contributed by atoms with van der Waals surface area (Å²) in [6.07, 6.45) is 19.9. The standard InChI is InChI=1S/C22H44Si/c1-5-6-7-8-19-9-13-21(14-10-19)22-15-11-20(12-16-22)17-18-23(2,3)4/h19-22H,5-18H2,1-4H3. The van der Waals surface area contributed by atoms with Crippen molar-refractivity contribution in [1.29, 1.82) is 0 Å². The van der Waals surface area contributed by atoms with Gasteiger partial charge in [-0.1, -0.05) is 90.4 Å². The van der Waals surface area contributed by atoms with Crippen LogP contribution < -0.4 is 0 Å². The fraction of sp³-hybridized carbons (Fsp3) is 1.00. The SMILES string of the molecule is CCCCCC1CCC(C2CCC(CC[Si](C)(C)C)CC2)CC1. The molecule has 0 bridgehead atoms. The first-order valence-electron chi connectivity index (χ1n) is 11.0. The van der Waals surface area contributed by atoms with Gasteiger partial charge in [-0.3, -0.25) is 0 Å². The minimum atomic E-state index is -0.812. The van der Waals surface area contributed by atoms with Crippen molar-refractivity contribution in [2.45, 2.75) is 116 Å². The summed E-state index contributed by atoms with van der Waals surface area (Å²) >= 11 is 0. The largest absolute Gasteiger partial charge is 0.0695 e. The van der Waals surface area contributed by atoms with Crippen LogP contribution in [-0.4, -0.2) is 8.07 Å². The molecule has 23 heavy (non-hydrogen) atoms. The van der Waals surface area contributed by atoms with E-state index < -0.39 is 8.07 Å². The Labute approximate surface area is 148 Å². The second-order valence-corrected chi connectivity index (χ2v) is 15.8. The zero-order chi connectivity index (χ0) is 16.7. The lowest BCUT2D eigenvalue weighted by Gasteiger charge is -2.38. The van der Waals surface area contributed by atoms with Crippen LogP contribution in [0.3, 0.4) is 0 Å². The summed E-state index contributed by atoms with van der Waals surface area (Å²) in [6, 6.07) is 1.56. The predicted molar refractivity (Wildman–Crippen MR) is 108 cm³/mol. The summed E-state index contributed by atoms with van der Waals surface area (Å²) in [6.45, 7) is 9.95. The summed E-state index contributed by atoms with van der Waals surface area (Å²) in [5, 5.41) is 0. The molecule has 0 aromatic rings. The van der Waals surface area contributed by atoms with E-state index in [0.717, 1.165) is 23.7 Å². The molecule has 0 atom stereocenters. The highest BCUT2D eigenvalue weighted by Gasteiger charge is 2.31. The molecule has 2 fully saturated rings. The quantitative estimate of drug-likeness (QED) is 0.312. The fourth-order valence-electron chi connectivity index (χ4n) is 5.22. The third-order valence-corrected chi connectivity index (χ3v) is 8.76. The van der Waals surface area contributed by atoms with Gasteiger partial charge in [-0.2, -0.15) is 0 Å². The van der Waals surface area contributed by atoms with Gasteiger partial charge in [0.25, 0.3) is 0 Å². The highest BCUT2D eigenvalue weighted by atomic mass is 28.3. The van der Waals surface area contributed by atoms with Crippen LogP contribution in [0.1, 0.15) is 90.4 Å². The molecule has 2 saturated carbocycles. The first-order valence-corrected chi connectivity index (χ1v) is 14.7. The first-order chi connectivity index (χ1) is 11.0. The molecule has 136 valence electrons. The third kappa shape index (κ3) is 7.32. The summed E-state index contributed by atoms with van der Waals surface area (Å²) in [5.74, 6) is 4.39. The van der Waals surface area contributed by atoms with Crippen LogP contribution >= 0.6 is 0 Å². The van der Waals surface area contributed by atoms with Gasteiger partial charge in [-0.25, -0.2) is 0 Å². The van der Waals surface area contributed by atoms with Gasteiger partial charge in [0.05, 0.1) is 0 Å². The molecule has 2 aliphatic rings. The molecule has 0 N–H and O–H groups in total. The van der Waals surface area contributed by atoms with Crippen LogP contribution in [0.25, 0.3) is 0 Å². The molecule has 0 aromatic carbocycles. The highest BCUT2D eigenvalue weighted by Crippen LogP contribution is 2.43. The lowest BCUT2D eigenvalue weighted by atomic mass is 9.68. The van der Waals surface area contributed by atoms with Gasteiger partial charge < -0.3 is 0 Å². The van der Waals surface area contributed by atoms with Gasteiger partial charge in [0.1, 0.15) is 0 Å². The van der Waals surface area contributed by atoms with Gasteiger partial charge in [0.2, 0.25) is 0 Å². The average molecular weight is 337 g/mol. The van der Waals surface area contributed by atoms with E-state index >= 15 is 0 Å². The van der Waals surface area contributed by atoms with Crippen molar-refractivity contribution in [3.63, 3.8) is 0 Å². The molecule has 2 aliphatic carbocycles. The maximum atomic E-state index is 2.54. The molecule has 0 heterocycles. The van der Waals surface area contributed by atoms with Crippen LogP contribution in [0.15, 0.2) is 0 Å². The van der Waals surface area contributed by atoms with E-state index in [1.165, 1.54) is 25.7 Å². The van der Waals surface area contributed by atoms with E-state index in [4.69, 9.17) is 0 Å². The van der Waals surface area contributed by atoms with Crippen LogP contribution in [0.4, 0.5) is 0 Å². The Morgan fingerprint density at radius 1 is 0.652 bits per heavy atom. The fourth-order valence-corrected chi connectivity index (χ4v) is 6.49. The molecule has 0 saturated heterocycles. The zero-order valence-corrected chi connectivity index (χ0v) is 17.7. The van der Waals surface area contributed by atoms with E-state index in [2.05, 4.69) is 26.6 Å². The lowest BCUT2D eigenvalue weighted by molar-refractivity contribution is 0.141. The molecule has 0 spiro atoms. The Hall–Kier alpha value is 0.217. The van der Waals surface area contributed by atoms with Gasteiger partial charge in [-0.05, 0) is 49.4 Å². The van der Waals surface area contributed by atoms with Crippen LogP contribution in [-0.2, 0) is 0 Å². The Morgan fingerprint density at radius 3 is 1.57 bits per heavy atom. The molecule has 1 heteroatoms. The Balaban J connectivity index is 1.61. The van der Waals surface area contributed by atoms with Crippen molar-refractivity contribution >= 4 is 8.07 Å². The van der Waals surface area contributed by atoms with Crippen molar-refractivity contribution in [3.05, 3.63) is 0 Å². The van der Waals surface area contributed by atoms with Crippen molar-refractivity contribution in [1.82, 2.24) is 0 Å². The minimum absolute atomic E-state index is 0.812. The summed E-state index contributed by atoms with van der Waals surface area (Å²) in [4.78, 5) is 0. The second kappa shape index (κ2) is 9.64. The minimum Gasteiger partial charge on any atom is -0.0695 e. The Morgan fingerprint density at radius 2 is 1.13 bits per heavy atom. The van der Waals surface area contributed by atoms with Crippen molar-refractivity contribution in [3.8, 4) is 0 Å². The predicted octanol–water partition coefficient (Wildman–Crippen LogP) is 7.91. The molecular formula is C22H44Si. The van der Waals surface area contributed by atoms with E-state index in [0.29, 0.717) is 0 Å². The molecular weight excluding hydrogens is 292 g/mol. The summed E-state index contributed by atoms with van der Waals surface area (Å²) < 4.78 is 0. The molecule has 0 amide bonds. The average Bonchev–Trinajstić information content (AvgIpc) is 2.54. The summed E-state index contributed by atoms with van der Waals surface area (Å²) in [7, 11) is -0.812. The van der Waals surface area contributed by atoms with Crippen molar-refractivity contribution in [2.75, 3.05) is 0 Å². The number of hydrogen-bond donors (Lipinski definition) is 0. The van der Waals surface area contributed by atoms with E-state index in [1.54, 1.807) is 63.8 Å². The van der Waals surface area contributed by atoms with E-state index in [9.17, 15) is 0 Å². The highest BCUT2D eigenvalue weighted by molar-refractivity contribution is 6.76.